The van der Waals surface area contributed by atoms with E-state index in [4.69, 9.17) is 33.7 Å². The average Bonchev–Trinajstić information content (AvgIpc) is 2.42. The number of carbonyl (C=O) groups excluding carboxylic acids is 1. The first kappa shape index (κ1) is 18.1. The Labute approximate surface area is 135 Å². The van der Waals surface area contributed by atoms with Crippen molar-refractivity contribution in [2.24, 2.45) is 11.7 Å². The fourth-order valence-corrected chi connectivity index (χ4v) is 2.26. The van der Waals surface area contributed by atoms with Crippen molar-refractivity contribution in [1.82, 2.24) is 5.32 Å². The van der Waals surface area contributed by atoms with E-state index in [9.17, 15) is 4.79 Å². The van der Waals surface area contributed by atoms with Gasteiger partial charge in [-0.3, -0.25) is 4.79 Å². The Hall–Kier alpha value is -0.970. The van der Waals surface area contributed by atoms with Gasteiger partial charge in [-0.1, -0.05) is 43.1 Å². The van der Waals surface area contributed by atoms with Gasteiger partial charge in [0.25, 0.3) is 5.91 Å². The molecule has 0 aliphatic rings. The zero-order valence-corrected chi connectivity index (χ0v) is 14.0. The molecule has 21 heavy (non-hydrogen) atoms. The van der Waals surface area contributed by atoms with Gasteiger partial charge in [-0.25, -0.2) is 0 Å². The van der Waals surface area contributed by atoms with Crippen molar-refractivity contribution < 1.29 is 9.53 Å². The number of nitrogens with one attached hydrogen (secondary N) is 1. The Morgan fingerprint density at radius 1 is 1.33 bits per heavy atom. The lowest BCUT2D eigenvalue weighted by Crippen LogP contribution is -2.46. The lowest BCUT2D eigenvalue weighted by Gasteiger charge is -2.22. The zero-order chi connectivity index (χ0) is 16.0. The van der Waals surface area contributed by atoms with Crippen LogP contribution < -0.4 is 15.8 Å². The Morgan fingerprint density at radius 2 is 2.00 bits per heavy atom. The molecule has 4 nitrogen and oxygen atoms in total. The number of ether oxygens (including phenoxy) is 1. The van der Waals surface area contributed by atoms with Crippen LogP contribution in [0.1, 0.15) is 27.2 Å². The summed E-state index contributed by atoms with van der Waals surface area (Å²) in [5.74, 6) is 0.625. The molecule has 1 aromatic rings. The van der Waals surface area contributed by atoms with Gasteiger partial charge in [0.15, 0.2) is 6.10 Å². The van der Waals surface area contributed by atoms with Crippen molar-refractivity contribution in [3.05, 3.63) is 28.2 Å². The molecule has 1 aromatic carbocycles. The summed E-state index contributed by atoms with van der Waals surface area (Å²) in [6, 6.07) is 5.00. The van der Waals surface area contributed by atoms with Gasteiger partial charge in [-0.05, 0) is 31.4 Å². The van der Waals surface area contributed by atoms with Gasteiger partial charge >= 0.3 is 0 Å². The van der Waals surface area contributed by atoms with Crippen molar-refractivity contribution in [2.45, 2.75) is 39.3 Å². The highest BCUT2D eigenvalue weighted by Gasteiger charge is 2.20. The molecule has 6 heteroatoms. The quantitative estimate of drug-likeness (QED) is 0.805. The van der Waals surface area contributed by atoms with E-state index >= 15 is 0 Å². The van der Waals surface area contributed by atoms with E-state index in [1.807, 2.05) is 0 Å². The molecule has 2 unspecified atom stereocenters. The van der Waals surface area contributed by atoms with Gasteiger partial charge in [-0.2, -0.15) is 0 Å². The van der Waals surface area contributed by atoms with Crippen LogP contribution in [0.15, 0.2) is 18.2 Å². The van der Waals surface area contributed by atoms with Gasteiger partial charge in [0.05, 0.1) is 5.02 Å². The van der Waals surface area contributed by atoms with E-state index in [2.05, 4.69) is 19.2 Å². The highest BCUT2D eigenvalue weighted by molar-refractivity contribution is 6.42. The van der Waals surface area contributed by atoms with Crippen molar-refractivity contribution in [1.29, 1.82) is 0 Å². The monoisotopic (exact) mass is 332 g/mol. The Bertz CT molecular complexity index is 481. The average molecular weight is 333 g/mol. The minimum absolute atomic E-state index is 0.0571. The summed E-state index contributed by atoms with van der Waals surface area (Å²) >= 11 is 11.9. The molecule has 0 saturated carbocycles. The van der Waals surface area contributed by atoms with E-state index in [1.54, 1.807) is 25.1 Å². The van der Waals surface area contributed by atoms with Crippen LogP contribution in [0.4, 0.5) is 0 Å². The van der Waals surface area contributed by atoms with Crippen LogP contribution in [0.2, 0.25) is 10.0 Å². The zero-order valence-electron chi connectivity index (χ0n) is 12.5. The predicted molar refractivity (Wildman–Crippen MR) is 87.0 cm³/mol. The van der Waals surface area contributed by atoms with Crippen molar-refractivity contribution in [3.63, 3.8) is 0 Å². The van der Waals surface area contributed by atoms with Crippen molar-refractivity contribution >= 4 is 29.1 Å². The molecule has 0 saturated heterocycles. The van der Waals surface area contributed by atoms with Crippen LogP contribution in [-0.4, -0.2) is 24.6 Å². The molecule has 0 fully saturated rings. The predicted octanol–water partition coefficient (Wildman–Crippen LogP) is 3.25. The van der Waals surface area contributed by atoms with Crippen LogP contribution in [0.3, 0.4) is 0 Å². The van der Waals surface area contributed by atoms with Crippen LogP contribution in [0, 0.1) is 5.92 Å². The van der Waals surface area contributed by atoms with Crippen LogP contribution in [-0.2, 0) is 4.79 Å². The molecule has 2 atom stereocenters. The normalized spacial score (nSPS) is 13.9. The second kappa shape index (κ2) is 8.47. The summed E-state index contributed by atoms with van der Waals surface area (Å²) in [5.41, 5.74) is 5.67. The maximum absolute atomic E-state index is 12.1. The number of carbonyl (C=O) groups is 1. The Kier molecular flexibility index (Phi) is 7.29. The molecule has 0 aliphatic carbocycles. The van der Waals surface area contributed by atoms with Crippen LogP contribution >= 0.6 is 23.2 Å². The standard InChI is InChI=1S/C15H22Cl2N2O2/c1-9(2)7-11(8-18)19-15(20)10(3)21-13-6-4-5-12(16)14(13)17/h4-6,9-11H,7-8,18H2,1-3H3,(H,19,20). The highest BCUT2D eigenvalue weighted by atomic mass is 35.5. The Balaban J connectivity index is 2.64. The molecule has 118 valence electrons. The molecule has 1 rings (SSSR count). The van der Waals surface area contributed by atoms with E-state index in [1.165, 1.54) is 0 Å². The van der Waals surface area contributed by atoms with Crippen LogP contribution in [0.25, 0.3) is 0 Å². The van der Waals surface area contributed by atoms with E-state index in [0.29, 0.717) is 28.3 Å². The third-order valence-electron chi connectivity index (χ3n) is 2.98. The maximum Gasteiger partial charge on any atom is 0.261 e. The lowest BCUT2D eigenvalue weighted by molar-refractivity contribution is -0.128. The molecule has 0 aromatic heterocycles. The summed E-state index contributed by atoms with van der Waals surface area (Å²) in [5, 5.41) is 3.58. The topological polar surface area (TPSA) is 64.3 Å². The van der Waals surface area contributed by atoms with Gasteiger partial charge in [0.1, 0.15) is 10.8 Å². The highest BCUT2D eigenvalue weighted by Crippen LogP contribution is 2.32. The summed E-state index contributed by atoms with van der Waals surface area (Å²) in [6.45, 7) is 6.23. The van der Waals surface area contributed by atoms with E-state index in [-0.39, 0.29) is 11.9 Å². The summed E-state index contributed by atoms with van der Waals surface area (Å²) in [7, 11) is 0. The SMILES string of the molecule is CC(C)CC(CN)NC(=O)C(C)Oc1cccc(Cl)c1Cl. The number of hydrogen-bond donors (Lipinski definition) is 2. The molecule has 0 radical (unpaired) electrons. The van der Waals surface area contributed by atoms with Crippen LogP contribution in [0.5, 0.6) is 5.75 Å². The fourth-order valence-electron chi connectivity index (χ4n) is 1.92. The molecule has 0 bridgehead atoms. The molecular weight excluding hydrogens is 311 g/mol. The number of rotatable bonds is 7. The second-order valence-electron chi connectivity index (χ2n) is 5.38. The summed E-state index contributed by atoms with van der Waals surface area (Å²) < 4.78 is 5.57. The number of hydrogen-bond acceptors (Lipinski definition) is 3. The summed E-state index contributed by atoms with van der Waals surface area (Å²) in [4.78, 5) is 12.1. The first-order valence-electron chi connectivity index (χ1n) is 6.96. The molecule has 0 spiro atoms. The van der Waals surface area contributed by atoms with Crippen molar-refractivity contribution in [2.75, 3.05) is 6.54 Å². The molecular formula is C15H22Cl2N2O2. The second-order valence-corrected chi connectivity index (χ2v) is 6.17. The van der Waals surface area contributed by atoms with E-state index in [0.717, 1.165) is 6.42 Å². The van der Waals surface area contributed by atoms with Gasteiger partial charge in [-0.15, -0.1) is 0 Å². The first-order chi connectivity index (χ1) is 9.85. The van der Waals surface area contributed by atoms with Gasteiger partial charge in [0, 0.05) is 12.6 Å². The third-order valence-corrected chi connectivity index (χ3v) is 3.78. The van der Waals surface area contributed by atoms with Crippen molar-refractivity contribution in [3.8, 4) is 5.75 Å². The molecule has 3 N–H and O–H groups in total. The maximum atomic E-state index is 12.1. The van der Waals surface area contributed by atoms with Gasteiger partial charge in [0.2, 0.25) is 0 Å². The smallest absolute Gasteiger partial charge is 0.261 e. The number of benzene rings is 1. The Morgan fingerprint density at radius 3 is 2.57 bits per heavy atom. The third kappa shape index (κ3) is 5.73. The minimum atomic E-state index is -0.679. The summed E-state index contributed by atoms with van der Waals surface area (Å²) in [6.07, 6.45) is 0.148. The largest absolute Gasteiger partial charge is 0.479 e. The van der Waals surface area contributed by atoms with E-state index < -0.39 is 6.10 Å². The number of amides is 1. The van der Waals surface area contributed by atoms with Gasteiger partial charge < -0.3 is 15.8 Å². The number of halogens is 2. The fraction of sp³-hybridized carbons (Fsp3) is 0.533. The lowest BCUT2D eigenvalue weighted by atomic mass is 10.0. The molecule has 0 heterocycles. The minimum Gasteiger partial charge on any atom is -0.479 e. The number of nitrogens with two attached hydrogens (primary N) is 1. The molecule has 1 amide bonds. The first-order valence-corrected chi connectivity index (χ1v) is 7.71. The molecule has 0 aliphatic heterocycles.